The number of aryl methyl sites for hydroxylation is 2. The maximum atomic E-state index is 11.3. The summed E-state index contributed by atoms with van der Waals surface area (Å²) in [7, 11) is 0. The summed E-state index contributed by atoms with van der Waals surface area (Å²) in [5.74, 6) is -0.273. The number of carbonyl (C=O) groups is 1. The molecular weight excluding hydrogens is 196 g/mol. The van der Waals surface area contributed by atoms with Crippen molar-refractivity contribution in [1.82, 2.24) is 9.97 Å². The molecule has 0 aliphatic rings. The van der Waals surface area contributed by atoms with Crippen molar-refractivity contribution in [2.45, 2.75) is 33.1 Å². The number of rotatable bonds is 4. The van der Waals surface area contributed by atoms with E-state index in [0.717, 1.165) is 0 Å². The van der Waals surface area contributed by atoms with Gasteiger partial charge in [-0.15, -0.1) is 0 Å². The number of nitrogens with one attached hydrogen (secondary N) is 1. The fourth-order valence-electron chi connectivity index (χ4n) is 1.23. The van der Waals surface area contributed by atoms with Crippen LogP contribution in [-0.2, 0) is 11.2 Å². The SMILES string of the molecule is Cc1nc(CCCC(=O)O)[nH]c(=O)c1C. The maximum absolute atomic E-state index is 11.3. The van der Waals surface area contributed by atoms with Gasteiger partial charge in [0.2, 0.25) is 0 Å². The molecule has 0 atom stereocenters. The standard InChI is InChI=1S/C10H14N2O3/c1-6-7(2)11-8(12-10(6)15)4-3-5-9(13)14/h3-5H2,1-2H3,(H,13,14)(H,11,12,15). The summed E-state index contributed by atoms with van der Waals surface area (Å²) in [6, 6.07) is 0. The molecule has 0 fully saturated rings. The van der Waals surface area contributed by atoms with Crippen LogP contribution in [0.3, 0.4) is 0 Å². The average molecular weight is 210 g/mol. The predicted molar refractivity (Wildman–Crippen MR) is 54.9 cm³/mol. The Hall–Kier alpha value is -1.65. The Morgan fingerprint density at radius 2 is 2.13 bits per heavy atom. The maximum Gasteiger partial charge on any atom is 0.303 e. The zero-order valence-electron chi connectivity index (χ0n) is 8.83. The molecule has 0 bridgehead atoms. The third-order valence-corrected chi connectivity index (χ3v) is 2.25. The van der Waals surface area contributed by atoms with Gasteiger partial charge < -0.3 is 10.1 Å². The number of hydrogen-bond acceptors (Lipinski definition) is 3. The first-order chi connectivity index (χ1) is 7.00. The van der Waals surface area contributed by atoms with Gasteiger partial charge in [-0.05, 0) is 20.3 Å². The van der Waals surface area contributed by atoms with Gasteiger partial charge >= 0.3 is 5.97 Å². The molecule has 0 spiro atoms. The molecule has 0 radical (unpaired) electrons. The van der Waals surface area contributed by atoms with Crippen LogP contribution in [0.1, 0.15) is 29.9 Å². The molecule has 0 aliphatic heterocycles. The second kappa shape index (κ2) is 4.72. The molecule has 0 saturated heterocycles. The quantitative estimate of drug-likeness (QED) is 0.769. The van der Waals surface area contributed by atoms with E-state index in [-0.39, 0.29) is 12.0 Å². The van der Waals surface area contributed by atoms with Gasteiger partial charge in [-0.3, -0.25) is 9.59 Å². The van der Waals surface area contributed by atoms with E-state index in [2.05, 4.69) is 9.97 Å². The van der Waals surface area contributed by atoms with Gasteiger partial charge in [0.15, 0.2) is 0 Å². The lowest BCUT2D eigenvalue weighted by atomic mass is 10.2. The smallest absolute Gasteiger partial charge is 0.303 e. The van der Waals surface area contributed by atoms with Crippen LogP contribution in [0.4, 0.5) is 0 Å². The fraction of sp³-hybridized carbons (Fsp3) is 0.500. The molecule has 0 unspecified atom stereocenters. The highest BCUT2D eigenvalue weighted by atomic mass is 16.4. The summed E-state index contributed by atoms with van der Waals surface area (Å²) in [6.45, 7) is 3.48. The Morgan fingerprint density at radius 1 is 1.47 bits per heavy atom. The molecule has 5 nitrogen and oxygen atoms in total. The highest BCUT2D eigenvalue weighted by Crippen LogP contribution is 2.01. The molecule has 0 aromatic carbocycles. The summed E-state index contributed by atoms with van der Waals surface area (Å²) < 4.78 is 0. The van der Waals surface area contributed by atoms with E-state index in [1.165, 1.54) is 0 Å². The highest BCUT2D eigenvalue weighted by molar-refractivity contribution is 5.66. The van der Waals surface area contributed by atoms with Gasteiger partial charge in [-0.25, -0.2) is 4.98 Å². The predicted octanol–water partition coefficient (Wildman–Crippen LogP) is 0.794. The Morgan fingerprint density at radius 3 is 2.67 bits per heavy atom. The van der Waals surface area contributed by atoms with Gasteiger partial charge in [0, 0.05) is 24.1 Å². The van der Waals surface area contributed by atoms with Crippen LogP contribution in [0.5, 0.6) is 0 Å². The van der Waals surface area contributed by atoms with Gasteiger partial charge in [0.05, 0.1) is 0 Å². The van der Waals surface area contributed by atoms with E-state index in [1.54, 1.807) is 13.8 Å². The number of aliphatic carboxylic acids is 1. The van der Waals surface area contributed by atoms with Gasteiger partial charge in [-0.2, -0.15) is 0 Å². The van der Waals surface area contributed by atoms with Crippen molar-refractivity contribution >= 4 is 5.97 Å². The minimum absolute atomic E-state index is 0.0939. The highest BCUT2D eigenvalue weighted by Gasteiger charge is 2.04. The zero-order valence-corrected chi connectivity index (χ0v) is 8.83. The first kappa shape index (κ1) is 11.4. The number of H-pyrrole nitrogens is 1. The largest absolute Gasteiger partial charge is 0.481 e. The fourth-order valence-corrected chi connectivity index (χ4v) is 1.23. The van der Waals surface area contributed by atoms with Crippen LogP contribution in [0.15, 0.2) is 4.79 Å². The molecule has 2 N–H and O–H groups in total. The Balaban J connectivity index is 2.71. The van der Waals surface area contributed by atoms with Crippen molar-refractivity contribution < 1.29 is 9.90 Å². The number of hydrogen-bond donors (Lipinski definition) is 2. The van der Waals surface area contributed by atoms with Gasteiger partial charge in [0.25, 0.3) is 5.56 Å². The van der Waals surface area contributed by atoms with E-state index < -0.39 is 5.97 Å². The van der Waals surface area contributed by atoms with Gasteiger partial charge in [-0.1, -0.05) is 0 Å². The lowest BCUT2D eigenvalue weighted by Gasteiger charge is -2.02. The molecule has 1 aromatic heterocycles. The molecule has 5 heteroatoms. The Labute approximate surface area is 87.2 Å². The minimum atomic E-state index is -0.832. The van der Waals surface area contributed by atoms with Gasteiger partial charge in [0.1, 0.15) is 5.82 Å². The Bertz CT molecular complexity index is 423. The van der Waals surface area contributed by atoms with Crippen LogP contribution in [0.2, 0.25) is 0 Å². The first-order valence-corrected chi connectivity index (χ1v) is 4.79. The summed E-state index contributed by atoms with van der Waals surface area (Å²) in [6.07, 6.45) is 1.07. The van der Waals surface area contributed by atoms with Crippen molar-refractivity contribution in [2.24, 2.45) is 0 Å². The number of aromatic nitrogens is 2. The molecule has 1 heterocycles. The number of carboxylic acid groups (broad SMARTS) is 1. The van der Waals surface area contributed by atoms with E-state index in [9.17, 15) is 9.59 Å². The van der Waals surface area contributed by atoms with Crippen LogP contribution in [0, 0.1) is 13.8 Å². The number of carboxylic acids is 1. The Kier molecular flexibility index (Phi) is 3.60. The molecule has 15 heavy (non-hydrogen) atoms. The monoisotopic (exact) mass is 210 g/mol. The summed E-state index contributed by atoms with van der Waals surface area (Å²) in [4.78, 5) is 28.4. The average Bonchev–Trinajstić information content (AvgIpc) is 2.13. The van der Waals surface area contributed by atoms with Crippen molar-refractivity contribution in [3.8, 4) is 0 Å². The molecular formula is C10H14N2O3. The number of nitrogens with zero attached hydrogens (tertiary/aromatic N) is 1. The third-order valence-electron chi connectivity index (χ3n) is 2.25. The van der Waals surface area contributed by atoms with E-state index >= 15 is 0 Å². The molecule has 1 aromatic rings. The topological polar surface area (TPSA) is 83.0 Å². The summed E-state index contributed by atoms with van der Waals surface area (Å²) in [5, 5.41) is 8.45. The lowest BCUT2D eigenvalue weighted by molar-refractivity contribution is -0.137. The third kappa shape index (κ3) is 3.19. The second-order valence-corrected chi connectivity index (χ2v) is 3.47. The van der Waals surface area contributed by atoms with E-state index in [1.807, 2.05) is 0 Å². The summed E-state index contributed by atoms with van der Waals surface area (Å²) >= 11 is 0. The second-order valence-electron chi connectivity index (χ2n) is 3.47. The van der Waals surface area contributed by atoms with Crippen LogP contribution < -0.4 is 5.56 Å². The normalized spacial score (nSPS) is 10.3. The first-order valence-electron chi connectivity index (χ1n) is 4.79. The van der Waals surface area contributed by atoms with Crippen molar-refractivity contribution in [2.75, 3.05) is 0 Å². The molecule has 0 aliphatic carbocycles. The van der Waals surface area contributed by atoms with Crippen molar-refractivity contribution in [3.05, 3.63) is 27.4 Å². The number of aromatic amines is 1. The van der Waals surface area contributed by atoms with Crippen LogP contribution in [0.25, 0.3) is 0 Å². The van der Waals surface area contributed by atoms with E-state index in [4.69, 9.17) is 5.11 Å². The van der Waals surface area contributed by atoms with Crippen LogP contribution in [-0.4, -0.2) is 21.0 Å². The lowest BCUT2D eigenvalue weighted by Crippen LogP contribution is -2.16. The summed E-state index contributed by atoms with van der Waals surface area (Å²) in [5.41, 5.74) is 1.16. The van der Waals surface area contributed by atoms with Crippen molar-refractivity contribution in [1.29, 1.82) is 0 Å². The molecule has 82 valence electrons. The van der Waals surface area contributed by atoms with E-state index in [0.29, 0.717) is 29.9 Å². The molecule has 0 amide bonds. The van der Waals surface area contributed by atoms with Crippen LogP contribution >= 0.6 is 0 Å². The minimum Gasteiger partial charge on any atom is -0.481 e. The van der Waals surface area contributed by atoms with Crippen molar-refractivity contribution in [3.63, 3.8) is 0 Å². The molecule has 1 rings (SSSR count). The zero-order chi connectivity index (χ0) is 11.4. The molecule has 0 saturated carbocycles.